The van der Waals surface area contributed by atoms with Crippen LogP contribution in [0.25, 0.3) is 0 Å². The minimum Gasteiger partial charge on any atom is -1.00 e. The fraction of sp³-hybridized carbons (Fsp3) is 0. The zero-order valence-electron chi connectivity index (χ0n) is 9.63. The van der Waals surface area contributed by atoms with Crippen LogP contribution in [-0.2, 0) is 0 Å². The third kappa shape index (κ3) is 173. The van der Waals surface area contributed by atoms with Gasteiger partial charge in [0.25, 0.3) is 0 Å². The van der Waals surface area contributed by atoms with Crippen molar-refractivity contribution >= 4 is 98.4 Å². The monoisotopic (exact) mass is 198 g/mol. The molecule has 0 bridgehead atoms. The van der Waals surface area contributed by atoms with Crippen molar-refractivity contribution < 1.29 is 31.7 Å². The summed E-state index contributed by atoms with van der Waals surface area (Å²) in [6, 6.07) is 0. The molecule has 0 unspecified atom stereocenters. The Morgan fingerprint density at radius 3 is 0.900 bits per heavy atom. The molecule has 0 spiro atoms. The van der Waals surface area contributed by atoms with Gasteiger partial charge < -0.3 is 26.9 Å². The van der Waals surface area contributed by atoms with Crippen LogP contribution in [0, 0.1) is 0 Å². The molecule has 9 heteroatoms. The number of carboxylic acid groups (broad SMARTS) is 2. The summed E-state index contributed by atoms with van der Waals surface area (Å²) in [5.41, 5.74) is 0. The van der Waals surface area contributed by atoms with Gasteiger partial charge in [0.05, 0.1) is 0 Å². The van der Waals surface area contributed by atoms with Crippen LogP contribution in [0.3, 0.4) is 0 Å². The summed E-state index contributed by atoms with van der Waals surface area (Å²) < 4.78 is 0. The standard InChI is InChI=1S/CH2O3.4Mg.2H2O.4H/c2-1(3)4;;;;;;;;;;/h(H2,2,3,4);;;;;2*1H2;;;;/q;4*+2;;;4*-1. The molecule has 0 rings (SSSR count). The molecule has 5 nitrogen and oxygen atoms in total. The van der Waals surface area contributed by atoms with E-state index >= 15 is 0 Å². The Labute approximate surface area is 128 Å². The molecule has 0 aromatic rings. The van der Waals surface area contributed by atoms with Crippen LogP contribution in [0.2, 0.25) is 0 Å². The first-order chi connectivity index (χ1) is 1.73. The van der Waals surface area contributed by atoms with Crippen molar-refractivity contribution in [2.45, 2.75) is 0 Å². The Bertz CT molecular complexity index is 48.7. The zero-order chi connectivity index (χ0) is 3.58. The number of hydrogen-bond donors (Lipinski definition) is 2. The van der Waals surface area contributed by atoms with Crippen molar-refractivity contribution in [1.82, 2.24) is 0 Å². The molecule has 0 aliphatic carbocycles. The minimum atomic E-state index is -1.83. The molecule has 0 saturated carbocycles. The van der Waals surface area contributed by atoms with Crippen LogP contribution < -0.4 is 0 Å². The van der Waals surface area contributed by atoms with E-state index in [1.165, 1.54) is 0 Å². The summed E-state index contributed by atoms with van der Waals surface area (Å²) in [5.74, 6) is 0. The predicted molar refractivity (Wildman–Crippen MR) is 45.3 cm³/mol. The summed E-state index contributed by atoms with van der Waals surface area (Å²) in [7, 11) is 0. The van der Waals surface area contributed by atoms with Crippen molar-refractivity contribution in [3.05, 3.63) is 0 Å². The van der Waals surface area contributed by atoms with E-state index in [1.807, 2.05) is 0 Å². The van der Waals surface area contributed by atoms with Crippen molar-refractivity contribution in [3.8, 4) is 0 Å². The SMILES string of the molecule is O.O.O=C(O)O.[H-].[H-].[H-].[H-].[Mg+2].[Mg+2].[Mg+2].[Mg+2]. The summed E-state index contributed by atoms with van der Waals surface area (Å²) in [5, 5.41) is 13.9. The molecule has 0 aromatic carbocycles. The maximum Gasteiger partial charge on any atom is 2.00 e. The second-order valence-electron chi connectivity index (χ2n) is 0.283. The topological polar surface area (TPSA) is 121 Å². The third-order valence-corrected chi connectivity index (χ3v) is 0. The molecule has 10 heavy (non-hydrogen) atoms. The minimum absolute atomic E-state index is 0. The first kappa shape index (κ1) is 56.2. The van der Waals surface area contributed by atoms with Crippen LogP contribution in [0.15, 0.2) is 0 Å². The van der Waals surface area contributed by atoms with Crippen molar-refractivity contribution in [3.63, 3.8) is 0 Å². The molecule has 0 radical (unpaired) electrons. The Hall–Kier alpha value is 2.25. The van der Waals surface area contributed by atoms with Gasteiger partial charge in [0.15, 0.2) is 0 Å². The van der Waals surface area contributed by atoms with Crippen molar-refractivity contribution in [1.29, 1.82) is 0 Å². The average Bonchev–Trinajstić information content (AvgIpc) is 0.811. The second-order valence-corrected chi connectivity index (χ2v) is 0.283. The maximum absolute atomic E-state index is 8.56. The van der Waals surface area contributed by atoms with Gasteiger partial charge in [0, 0.05) is 0 Å². The molecule has 0 aliphatic rings. The first-order valence-corrected chi connectivity index (χ1v) is 0.651. The Balaban J connectivity index is -0.000000001000. The van der Waals surface area contributed by atoms with Gasteiger partial charge in [-0.25, -0.2) is 4.79 Å². The maximum atomic E-state index is 8.56. The molecular weight excluding hydrogens is 189 g/mol. The number of carbonyl (C=O) groups is 1. The third-order valence-electron chi connectivity index (χ3n) is 0. The summed E-state index contributed by atoms with van der Waals surface area (Å²) in [6.45, 7) is 0. The van der Waals surface area contributed by atoms with E-state index in [-0.39, 0.29) is 109 Å². The molecule has 0 aromatic heterocycles. The van der Waals surface area contributed by atoms with Crippen LogP contribution in [0.5, 0.6) is 0 Å². The van der Waals surface area contributed by atoms with Gasteiger partial charge >= 0.3 is 98.4 Å². The fourth-order valence-corrected chi connectivity index (χ4v) is 0. The summed E-state index contributed by atoms with van der Waals surface area (Å²) >= 11 is 0. The van der Waals surface area contributed by atoms with E-state index in [1.54, 1.807) is 0 Å². The van der Waals surface area contributed by atoms with E-state index < -0.39 is 6.16 Å². The van der Waals surface area contributed by atoms with Gasteiger partial charge in [0.2, 0.25) is 0 Å². The van der Waals surface area contributed by atoms with Gasteiger partial charge in [-0.2, -0.15) is 0 Å². The average molecular weight is 199 g/mol. The van der Waals surface area contributed by atoms with Crippen LogP contribution in [-0.4, -0.2) is 120 Å². The Morgan fingerprint density at radius 2 is 0.900 bits per heavy atom. The van der Waals surface area contributed by atoms with E-state index in [2.05, 4.69) is 0 Å². The molecule has 0 fully saturated rings. The molecule has 48 valence electrons. The quantitative estimate of drug-likeness (QED) is 0.419. The molecule has 0 heterocycles. The van der Waals surface area contributed by atoms with Gasteiger partial charge in [-0.1, -0.05) is 0 Å². The van der Waals surface area contributed by atoms with Crippen LogP contribution in [0.4, 0.5) is 4.79 Å². The predicted octanol–water partition coefficient (Wildman–Crippen LogP) is -2.50. The number of hydrogen-bond acceptors (Lipinski definition) is 1. The van der Waals surface area contributed by atoms with Crippen LogP contribution >= 0.6 is 0 Å². The van der Waals surface area contributed by atoms with E-state index in [4.69, 9.17) is 15.0 Å². The number of rotatable bonds is 0. The summed E-state index contributed by atoms with van der Waals surface area (Å²) in [4.78, 5) is 8.56. The largest absolute Gasteiger partial charge is 2.00 e. The molecular formula is CH10Mg4O5+4. The smallest absolute Gasteiger partial charge is 1.00 e. The normalized spacial score (nSPS) is 2.40. The zero-order valence-corrected chi connectivity index (χ0v) is 11.3. The van der Waals surface area contributed by atoms with Gasteiger partial charge in [-0.15, -0.1) is 0 Å². The molecule has 0 saturated heterocycles. The van der Waals surface area contributed by atoms with Gasteiger partial charge in [0.1, 0.15) is 0 Å². The van der Waals surface area contributed by atoms with E-state index in [9.17, 15) is 0 Å². The van der Waals surface area contributed by atoms with Crippen molar-refractivity contribution in [2.24, 2.45) is 0 Å². The Morgan fingerprint density at radius 1 is 0.900 bits per heavy atom. The van der Waals surface area contributed by atoms with Crippen LogP contribution in [0.1, 0.15) is 5.71 Å². The molecule has 0 aliphatic heterocycles. The first-order valence-electron chi connectivity index (χ1n) is 0.651. The van der Waals surface area contributed by atoms with Crippen molar-refractivity contribution in [2.75, 3.05) is 0 Å². The van der Waals surface area contributed by atoms with Gasteiger partial charge in [-0.3, -0.25) is 0 Å². The van der Waals surface area contributed by atoms with E-state index in [0.29, 0.717) is 0 Å². The molecule has 0 atom stereocenters. The second kappa shape index (κ2) is 42.9. The molecule has 6 N–H and O–H groups in total. The fourth-order valence-electron chi connectivity index (χ4n) is 0. The summed E-state index contributed by atoms with van der Waals surface area (Å²) in [6.07, 6.45) is -1.83. The van der Waals surface area contributed by atoms with Gasteiger partial charge in [-0.05, 0) is 0 Å². The Kier molecular flexibility index (Phi) is 241. The molecule has 0 amide bonds. The van der Waals surface area contributed by atoms with E-state index in [0.717, 1.165) is 0 Å².